The maximum absolute atomic E-state index is 12.4. The lowest BCUT2D eigenvalue weighted by Gasteiger charge is -2.19. The second-order valence-electron chi connectivity index (χ2n) is 4.21. The molecule has 0 radical (unpaired) electrons. The summed E-state index contributed by atoms with van der Waals surface area (Å²) in [4.78, 5) is 0. The highest BCUT2D eigenvalue weighted by molar-refractivity contribution is 5.00. The van der Waals surface area contributed by atoms with Gasteiger partial charge in [0.1, 0.15) is 0 Å². The number of alkyl halides is 6. The van der Waals surface area contributed by atoms with E-state index in [0.717, 1.165) is 12.8 Å². The van der Waals surface area contributed by atoms with Gasteiger partial charge in [0.2, 0.25) is 17.7 Å². The third kappa shape index (κ3) is 3.58. The van der Waals surface area contributed by atoms with E-state index in [4.69, 9.17) is 0 Å². The van der Waals surface area contributed by atoms with Gasteiger partial charge in [-0.05, 0) is 12.8 Å². The van der Waals surface area contributed by atoms with Crippen LogP contribution in [0.3, 0.4) is 0 Å². The third-order valence-electron chi connectivity index (χ3n) is 2.50. The Morgan fingerprint density at radius 1 is 1.11 bits per heavy atom. The molecule has 1 aromatic heterocycles. The molecule has 0 bridgehead atoms. The molecule has 0 atom stereocenters. The lowest BCUT2D eigenvalue weighted by atomic mass is 10.1. The first-order valence-electron chi connectivity index (χ1n) is 5.37. The summed E-state index contributed by atoms with van der Waals surface area (Å²) in [6.45, 7) is -0.0416. The molecule has 10 heteroatoms. The zero-order chi connectivity index (χ0) is 14.3. The summed E-state index contributed by atoms with van der Waals surface area (Å²) >= 11 is 0. The molecule has 1 N–H and O–H groups in total. The Morgan fingerprint density at radius 3 is 2.16 bits per heavy atom. The molecule has 19 heavy (non-hydrogen) atoms. The summed E-state index contributed by atoms with van der Waals surface area (Å²) in [5.74, 6) is -5.52. The van der Waals surface area contributed by atoms with Crippen molar-refractivity contribution >= 4 is 0 Å². The molecular formula is C9H9F6N3O. The van der Waals surface area contributed by atoms with Crippen molar-refractivity contribution in [2.75, 3.05) is 0 Å². The van der Waals surface area contributed by atoms with Gasteiger partial charge < -0.3 is 9.73 Å². The predicted molar refractivity (Wildman–Crippen MR) is 49.0 cm³/mol. The molecule has 0 saturated heterocycles. The zero-order valence-electron chi connectivity index (χ0n) is 9.35. The Bertz CT molecular complexity index is 422. The lowest BCUT2D eigenvalue weighted by molar-refractivity contribution is -0.258. The summed E-state index contributed by atoms with van der Waals surface area (Å²) in [7, 11) is 0. The summed E-state index contributed by atoms with van der Waals surface area (Å²) < 4.78 is 78.7. The quantitative estimate of drug-likeness (QED) is 0.865. The predicted octanol–water partition coefficient (Wildman–Crippen LogP) is 2.53. The van der Waals surface area contributed by atoms with Crippen LogP contribution in [0.2, 0.25) is 0 Å². The molecule has 1 aliphatic rings. The molecule has 1 aromatic rings. The highest BCUT2D eigenvalue weighted by Gasteiger charge is 2.60. The van der Waals surface area contributed by atoms with Crippen LogP contribution in [-0.4, -0.2) is 28.6 Å². The van der Waals surface area contributed by atoms with Gasteiger partial charge in [0.25, 0.3) is 0 Å². The van der Waals surface area contributed by atoms with Crippen LogP contribution in [0.1, 0.15) is 30.5 Å². The minimum absolute atomic E-state index is 0.0416. The van der Waals surface area contributed by atoms with Gasteiger partial charge in [0, 0.05) is 6.04 Å². The molecule has 1 heterocycles. The van der Waals surface area contributed by atoms with Crippen LogP contribution in [0.4, 0.5) is 26.3 Å². The van der Waals surface area contributed by atoms with Crippen molar-refractivity contribution in [3.8, 4) is 0 Å². The first kappa shape index (κ1) is 14.1. The molecule has 0 amide bonds. The van der Waals surface area contributed by atoms with Crippen molar-refractivity contribution in [2.45, 2.75) is 43.7 Å². The van der Waals surface area contributed by atoms with Gasteiger partial charge in [-0.1, -0.05) is 0 Å². The van der Waals surface area contributed by atoms with E-state index < -0.39 is 24.2 Å². The Hall–Kier alpha value is -1.32. The van der Waals surface area contributed by atoms with Crippen LogP contribution in [-0.2, 0) is 6.54 Å². The number of aromatic nitrogens is 2. The number of halogens is 6. The number of nitrogens with zero attached hydrogens (tertiary/aromatic N) is 2. The molecular weight excluding hydrogens is 280 g/mol. The Morgan fingerprint density at radius 2 is 1.68 bits per heavy atom. The number of hydrogen-bond acceptors (Lipinski definition) is 4. The van der Waals surface area contributed by atoms with Crippen LogP contribution in [0.15, 0.2) is 4.42 Å². The van der Waals surface area contributed by atoms with Gasteiger partial charge in [-0.3, -0.25) is 0 Å². The molecule has 2 rings (SSSR count). The van der Waals surface area contributed by atoms with Crippen LogP contribution >= 0.6 is 0 Å². The molecule has 1 aliphatic carbocycles. The second-order valence-corrected chi connectivity index (χ2v) is 4.21. The van der Waals surface area contributed by atoms with E-state index in [1.165, 1.54) is 0 Å². The molecule has 0 aliphatic heterocycles. The molecule has 1 fully saturated rings. The molecule has 108 valence electrons. The van der Waals surface area contributed by atoms with E-state index in [1.807, 2.05) is 0 Å². The summed E-state index contributed by atoms with van der Waals surface area (Å²) in [5.41, 5.74) is 0. The fraction of sp³-hybridized carbons (Fsp3) is 0.778. The van der Waals surface area contributed by atoms with E-state index in [-0.39, 0.29) is 18.5 Å². The average molecular weight is 289 g/mol. The monoisotopic (exact) mass is 289 g/mol. The van der Waals surface area contributed by atoms with E-state index in [9.17, 15) is 26.3 Å². The van der Waals surface area contributed by atoms with E-state index in [1.54, 1.807) is 0 Å². The number of hydrogen-bond donors (Lipinski definition) is 1. The second kappa shape index (κ2) is 4.66. The SMILES string of the molecule is FC(F)(F)C(c1nnc(CNC2CC2)o1)C(F)(F)F. The summed E-state index contributed by atoms with van der Waals surface area (Å²) in [5, 5.41) is 8.88. The average Bonchev–Trinajstić information content (AvgIpc) is 2.93. The van der Waals surface area contributed by atoms with Crippen molar-refractivity contribution < 1.29 is 30.8 Å². The first-order chi connectivity index (χ1) is 8.68. The highest BCUT2D eigenvalue weighted by atomic mass is 19.4. The van der Waals surface area contributed by atoms with E-state index in [2.05, 4.69) is 19.9 Å². The minimum atomic E-state index is -5.52. The molecule has 4 nitrogen and oxygen atoms in total. The van der Waals surface area contributed by atoms with Crippen LogP contribution < -0.4 is 5.32 Å². The number of rotatable bonds is 4. The zero-order valence-corrected chi connectivity index (χ0v) is 9.35. The van der Waals surface area contributed by atoms with Gasteiger partial charge in [-0.2, -0.15) is 26.3 Å². The Kier molecular flexibility index (Phi) is 3.45. The van der Waals surface area contributed by atoms with Gasteiger partial charge in [-0.25, -0.2) is 0 Å². The largest absolute Gasteiger partial charge is 0.423 e. The normalized spacial score (nSPS) is 17.2. The van der Waals surface area contributed by atoms with Gasteiger partial charge in [-0.15, -0.1) is 10.2 Å². The minimum Gasteiger partial charge on any atom is -0.423 e. The fourth-order valence-corrected chi connectivity index (χ4v) is 1.44. The van der Waals surface area contributed by atoms with Crippen molar-refractivity contribution in [3.63, 3.8) is 0 Å². The maximum atomic E-state index is 12.4. The standard InChI is InChI=1S/C9H9F6N3O/c10-8(11,12)6(9(13,14)15)7-18-17-5(19-7)3-16-4-1-2-4/h4,6,16H,1-3H2. The van der Waals surface area contributed by atoms with E-state index >= 15 is 0 Å². The lowest BCUT2D eigenvalue weighted by Crippen LogP contribution is -2.34. The van der Waals surface area contributed by atoms with Crippen molar-refractivity contribution in [1.82, 2.24) is 15.5 Å². The maximum Gasteiger partial charge on any atom is 0.409 e. The van der Waals surface area contributed by atoms with Crippen LogP contribution in [0, 0.1) is 0 Å². The van der Waals surface area contributed by atoms with Crippen molar-refractivity contribution in [2.24, 2.45) is 0 Å². The van der Waals surface area contributed by atoms with Crippen LogP contribution in [0.25, 0.3) is 0 Å². The summed E-state index contributed by atoms with van der Waals surface area (Å²) in [6, 6.07) is 0.219. The fourth-order valence-electron chi connectivity index (χ4n) is 1.44. The topological polar surface area (TPSA) is 51.0 Å². The Balaban J connectivity index is 2.12. The van der Waals surface area contributed by atoms with E-state index in [0.29, 0.717) is 0 Å². The van der Waals surface area contributed by atoms with Gasteiger partial charge in [0.05, 0.1) is 6.54 Å². The van der Waals surface area contributed by atoms with Crippen molar-refractivity contribution in [1.29, 1.82) is 0 Å². The molecule has 0 unspecified atom stereocenters. The number of nitrogens with one attached hydrogen (secondary N) is 1. The molecule has 0 aromatic carbocycles. The third-order valence-corrected chi connectivity index (χ3v) is 2.50. The summed E-state index contributed by atoms with van der Waals surface area (Å²) in [6.07, 6.45) is -9.22. The molecule has 0 spiro atoms. The van der Waals surface area contributed by atoms with Crippen LogP contribution in [0.5, 0.6) is 0 Å². The highest BCUT2D eigenvalue weighted by Crippen LogP contribution is 2.45. The molecule has 1 saturated carbocycles. The van der Waals surface area contributed by atoms with Gasteiger partial charge >= 0.3 is 12.4 Å². The smallest absolute Gasteiger partial charge is 0.409 e. The van der Waals surface area contributed by atoms with Gasteiger partial charge in [0.15, 0.2) is 0 Å². The van der Waals surface area contributed by atoms with Crippen molar-refractivity contribution in [3.05, 3.63) is 11.8 Å². The Labute approximate surface area is 103 Å². The first-order valence-corrected chi connectivity index (χ1v) is 5.37.